The molecule has 0 fully saturated rings. The van der Waals surface area contributed by atoms with Crippen molar-refractivity contribution in [3.8, 4) is 5.88 Å². The normalized spacial score (nSPS) is 10.0. The van der Waals surface area contributed by atoms with Crippen molar-refractivity contribution in [3.05, 3.63) is 11.8 Å². The molecule has 0 aliphatic carbocycles. The van der Waals surface area contributed by atoms with Gasteiger partial charge in [-0.2, -0.15) is 0 Å². The maximum atomic E-state index is 5.20. The van der Waals surface area contributed by atoms with E-state index in [1.807, 2.05) is 14.0 Å². The third-order valence-corrected chi connectivity index (χ3v) is 1.21. The molecular weight excluding hydrogens is 144 g/mol. The molecule has 1 aromatic heterocycles. The summed E-state index contributed by atoms with van der Waals surface area (Å²) in [4.78, 5) is 0. The first-order valence-corrected chi connectivity index (χ1v) is 3.53. The number of aromatic nitrogens is 1. The van der Waals surface area contributed by atoms with Crippen LogP contribution in [0.15, 0.2) is 10.6 Å². The van der Waals surface area contributed by atoms with Crippen molar-refractivity contribution >= 4 is 0 Å². The molecule has 62 valence electrons. The van der Waals surface area contributed by atoms with Crippen molar-refractivity contribution in [3.63, 3.8) is 0 Å². The van der Waals surface area contributed by atoms with Gasteiger partial charge in [-0.05, 0) is 19.1 Å². The van der Waals surface area contributed by atoms with E-state index in [9.17, 15) is 0 Å². The van der Waals surface area contributed by atoms with Gasteiger partial charge in [0.2, 0.25) is 0 Å². The molecule has 0 aromatic carbocycles. The molecule has 0 atom stereocenters. The van der Waals surface area contributed by atoms with Gasteiger partial charge in [0, 0.05) is 12.6 Å². The molecule has 4 heteroatoms. The molecule has 4 nitrogen and oxygen atoms in total. The van der Waals surface area contributed by atoms with Gasteiger partial charge in [0.25, 0.3) is 5.88 Å². The van der Waals surface area contributed by atoms with E-state index in [1.165, 1.54) is 0 Å². The molecular formula is C7H12N2O2. The Bertz CT molecular complexity index is 210. The number of hydrogen-bond donors (Lipinski definition) is 1. The Morgan fingerprint density at radius 1 is 1.73 bits per heavy atom. The fraction of sp³-hybridized carbons (Fsp3) is 0.571. The first kappa shape index (κ1) is 8.07. The molecule has 1 aromatic rings. The summed E-state index contributed by atoms with van der Waals surface area (Å²) in [6, 6.07) is 1.76. The molecule has 0 spiro atoms. The fourth-order valence-corrected chi connectivity index (χ4v) is 0.669. The van der Waals surface area contributed by atoms with Gasteiger partial charge in [-0.25, -0.2) is 0 Å². The van der Waals surface area contributed by atoms with E-state index in [4.69, 9.17) is 9.26 Å². The topological polar surface area (TPSA) is 47.3 Å². The van der Waals surface area contributed by atoms with Crippen LogP contribution in [0.4, 0.5) is 0 Å². The van der Waals surface area contributed by atoms with Crippen molar-refractivity contribution in [2.45, 2.75) is 6.92 Å². The molecule has 0 radical (unpaired) electrons. The van der Waals surface area contributed by atoms with Crippen LogP contribution in [-0.2, 0) is 0 Å². The molecule has 0 aliphatic heterocycles. The first-order valence-electron chi connectivity index (χ1n) is 3.53. The lowest BCUT2D eigenvalue weighted by Crippen LogP contribution is -2.15. The van der Waals surface area contributed by atoms with Crippen LogP contribution in [-0.4, -0.2) is 25.4 Å². The Morgan fingerprint density at radius 2 is 2.55 bits per heavy atom. The van der Waals surface area contributed by atoms with Crippen LogP contribution >= 0.6 is 0 Å². The lowest BCUT2D eigenvalue weighted by molar-refractivity contribution is 0.278. The van der Waals surface area contributed by atoms with Crippen molar-refractivity contribution in [1.82, 2.24) is 10.5 Å². The average molecular weight is 156 g/mol. The molecule has 0 saturated carbocycles. The van der Waals surface area contributed by atoms with Crippen LogP contribution in [0.1, 0.15) is 5.76 Å². The number of aryl methyl sites for hydroxylation is 1. The molecule has 0 aliphatic rings. The SMILES string of the molecule is CNCCOc1cc(C)on1. The number of hydrogen-bond acceptors (Lipinski definition) is 4. The molecule has 0 unspecified atom stereocenters. The van der Waals surface area contributed by atoms with Gasteiger partial charge in [0.1, 0.15) is 12.4 Å². The summed E-state index contributed by atoms with van der Waals surface area (Å²) >= 11 is 0. The molecule has 0 bridgehead atoms. The van der Waals surface area contributed by atoms with Crippen LogP contribution in [0.25, 0.3) is 0 Å². The lowest BCUT2D eigenvalue weighted by atomic mass is 10.5. The Labute approximate surface area is 65.5 Å². The predicted octanol–water partition coefficient (Wildman–Crippen LogP) is 0.581. The van der Waals surface area contributed by atoms with Crippen LogP contribution in [0, 0.1) is 6.92 Å². The Morgan fingerprint density at radius 3 is 3.09 bits per heavy atom. The second kappa shape index (κ2) is 3.98. The van der Waals surface area contributed by atoms with E-state index in [2.05, 4.69) is 10.5 Å². The average Bonchev–Trinajstić information content (AvgIpc) is 2.37. The minimum Gasteiger partial charge on any atom is -0.474 e. The zero-order chi connectivity index (χ0) is 8.10. The summed E-state index contributed by atoms with van der Waals surface area (Å²) in [7, 11) is 1.87. The van der Waals surface area contributed by atoms with Gasteiger partial charge in [-0.15, -0.1) is 0 Å². The number of ether oxygens (including phenoxy) is 1. The van der Waals surface area contributed by atoms with E-state index in [0.717, 1.165) is 12.3 Å². The maximum absolute atomic E-state index is 5.20. The highest BCUT2D eigenvalue weighted by atomic mass is 16.5. The molecule has 11 heavy (non-hydrogen) atoms. The third kappa shape index (κ3) is 2.59. The van der Waals surface area contributed by atoms with Gasteiger partial charge in [0.05, 0.1) is 0 Å². The van der Waals surface area contributed by atoms with Crippen LogP contribution in [0.3, 0.4) is 0 Å². The summed E-state index contributed by atoms with van der Waals surface area (Å²) < 4.78 is 10.00. The van der Waals surface area contributed by atoms with Crippen molar-refractivity contribution in [1.29, 1.82) is 0 Å². The monoisotopic (exact) mass is 156 g/mol. The Hall–Kier alpha value is -1.03. The zero-order valence-electron chi connectivity index (χ0n) is 6.76. The van der Waals surface area contributed by atoms with E-state index in [1.54, 1.807) is 6.07 Å². The predicted molar refractivity (Wildman–Crippen MR) is 40.7 cm³/mol. The van der Waals surface area contributed by atoms with Crippen LogP contribution < -0.4 is 10.1 Å². The van der Waals surface area contributed by atoms with E-state index in [0.29, 0.717) is 12.5 Å². The van der Waals surface area contributed by atoms with E-state index >= 15 is 0 Å². The maximum Gasteiger partial charge on any atom is 0.254 e. The standard InChI is InChI=1S/C7H12N2O2/c1-6-5-7(9-11-6)10-4-3-8-2/h5,8H,3-4H2,1-2H3. The van der Waals surface area contributed by atoms with Crippen LogP contribution in [0.2, 0.25) is 0 Å². The van der Waals surface area contributed by atoms with Crippen LogP contribution in [0.5, 0.6) is 5.88 Å². The summed E-state index contributed by atoms with van der Waals surface area (Å²) in [5.74, 6) is 1.32. The third-order valence-electron chi connectivity index (χ3n) is 1.21. The Balaban J connectivity index is 2.27. The number of likely N-dealkylation sites (N-methyl/N-ethyl adjacent to an activating group) is 1. The number of nitrogens with one attached hydrogen (secondary N) is 1. The highest BCUT2D eigenvalue weighted by Gasteiger charge is 1.98. The number of rotatable bonds is 4. The summed E-state index contributed by atoms with van der Waals surface area (Å²) in [6.07, 6.45) is 0. The van der Waals surface area contributed by atoms with Crippen molar-refractivity contribution in [2.24, 2.45) is 0 Å². The molecule has 0 saturated heterocycles. The molecule has 1 heterocycles. The molecule has 1 N–H and O–H groups in total. The van der Waals surface area contributed by atoms with E-state index in [-0.39, 0.29) is 0 Å². The second-order valence-electron chi connectivity index (χ2n) is 2.23. The fourth-order valence-electron chi connectivity index (χ4n) is 0.669. The zero-order valence-corrected chi connectivity index (χ0v) is 6.76. The Kier molecular flexibility index (Phi) is 2.92. The molecule has 0 amide bonds. The van der Waals surface area contributed by atoms with Gasteiger partial charge >= 0.3 is 0 Å². The summed E-state index contributed by atoms with van der Waals surface area (Å²) in [5.41, 5.74) is 0. The molecule has 1 rings (SSSR count). The summed E-state index contributed by atoms with van der Waals surface area (Å²) in [5, 5.41) is 6.62. The van der Waals surface area contributed by atoms with E-state index < -0.39 is 0 Å². The largest absolute Gasteiger partial charge is 0.474 e. The highest BCUT2D eigenvalue weighted by molar-refractivity contribution is 5.09. The smallest absolute Gasteiger partial charge is 0.254 e. The minimum atomic E-state index is 0.553. The second-order valence-corrected chi connectivity index (χ2v) is 2.23. The minimum absolute atomic E-state index is 0.553. The van der Waals surface area contributed by atoms with Gasteiger partial charge in [-0.1, -0.05) is 0 Å². The number of nitrogens with zero attached hydrogens (tertiary/aromatic N) is 1. The lowest BCUT2D eigenvalue weighted by Gasteiger charge is -1.98. The van der Waals surface area contributed by atoms with Gasteiger partial charge in [-0.3, -0.25) is 0 Å². The quantitative estimate of drug-likeness (QED) is 0.648. The van der Waals surface area contributed by atoms with Gasteiger partial charge < -0.3 is 14.6 Å². The van der Waals surface area contributed by atoms with Crippen molar-refractivity contribution in [2.75, 3.05) is 20.2 Å². The van der Waals surface area contributed by atoms with Crippen molar-refractivity contribution < 1.29 is 9.26 Å². The highest BCUT2D eigenvalue weighted by Crippen LogP contribution is 2.08. The first-order chi connectivity index (χ1) is 5.33. The van der Waals surface area contributed by atoms with Gasteiger partial charge in [0.15, 0.2) is 0 Å². The summed E-state index contributed by atoms with van der Waals surface area (Å²) in [6.45, 7) is 3.26.